The minimum atomic E-state index is 0.394. The molecule has 0 aromatic heterocycles. The molecule has 2 aliphatic rings. The van der Waals surface area contributed by atoms with Crippen molar-refractivity contribution < 1.29 is 0 Å². The molecule has 2 rings (SSSR count). The molecule has 0 aromatic rings. The maximum absolute atomic E-state index is 5.94. The molecule has 1 heterocycles. The second-order valence-electron chi connectivity index (χ2n) is 5.09. The fraction of sp³-hybridized carbons (Fsp3) is 1.00. The SMILES string of the molecule is CC1CCN(C2(CN)CCC2C)C1. The summed E-state index contributed by atoms with van der Waals surface area (Å²) in [6.07, 6.45) is 4.08. The second-order valence-corrected chi connectivity index (χ2v) is 5.09. The molecule has 2 fully saturated rings. The molecule has 1 saturated carbocycles. The van der Waals surface area contributed by atoms with Gasteiger partial charge in [-0.1, -0.05) is 13.8 Å². The van der Waals surface area contributed by atoms with Gasteiger partial charge in [0, 0.05) is 18.6 Å². The van der Waals surface area contributed by atoms with Gasteiger partial charge in [-0.15, -0.1) is 0 Å². The molecule has 1 aliphatic heterocycles. The molecule has 1 aliphatic carbocycles. The molecule has 2 N–H and O–H groups in total. The third kappa shape index (κ3) is 1.31. The van der Waals surface area contributed by atoms with Crippen LogP contribution in [0.5, 0.6) is 0 Å². The lowest BCUT2D eigenvalue weighted by Crippen LogP contribution is -2.62. The van der Waals surface area contributed by atoms with E-state index in [4.69, 9.17) is 5.73 Å². The van der Waals surface area contributed by atoms with Crippen LogP contribution in [0.3, 0.4) is 0 Å². The summed E-state index contributed by atoms with van der Waals surface area (Å²) in [6.45, 7) is 8.14. The Hall–Kier alpha value is -0.0800. The summed E-state index contributed by atoms with van der Waals surface area (Å²) in [7, 11) is 0. The van der Waals surface area contributed by atoms with E-state index in [2.05, 4.69) is 18.7 Å². The van der Waals surface area contributed by atoms with Crippen molar-refractivity contribution in [3.8, 4) is 0 Å². The van der Waals surface area contributed by atoms with Crippen molar-refractivity contribution in [2.45, 2.75) is 38.6 Å². The zero-order valence-electron chi connectivity index (χ0n) is 8.92. The lowest BCUT2D eigenvalue weighted by molar-refractivity contribution is -0.0158. The normalized spacial score (nSPS) is 46.4. The molecule has 3 unspecified atom stereocenters. The van der Waals surface area contributed by atoms with Crippen molar-refractivity contribution in [1.82, 2.24) is 4.90 Å². The number of hydrogen-bond acceptors (Lipinski definition) is 2. The Kier molecular flexibility index (Phi) is 2.37. The molecule has 0 radical (unpaired) electrons. The summed E-state index contributed by atoms with van der Waals surface area (Å²) < 4.78 is 0. The van der Waals surface area contributed by atoms with Gasteiger partial charge in [-0.25, -0.2) is 0 Å². The Balaban J connectivity index is 2.05. The maximum Gasteiger partial charge on any atom is 0.0357 e. The van der Waals surface area contributed by atoms with E-state index in [1.54, 1.807) is 0 Å². The Morgan fingerprint density at radius 2 is 2.15 bits per heavy atom. The van der Waals surface area contributed by atoms with E-state index in [9.17, 15) is 0 Å². The van der Waals surface area contributed by atoms with Crippen molar-refractivity contribution in [1.29, 1.82) is 0 Å². The molecule has 0 aromatic carbocycles. The van der Waals surface area contributed by atoms with Crippen LogP contribution in [0.1, 0.15) is 33.1 Å². The van der Waals surface area contributed by atoms with Gasteiger partial charge in [0.25, 0.3) is 0 Å². The smallest absolute Gasteiger partial charge is 0.0357 e. The number of likely N-dealkylation sites (tertiary alicyclic amines) is 1. The third-order valence-corrected chi connectivity index (χ3v) is 4.33. The molecule has 76 valence electrons. The van der Waals surface area contributed by atoms with Crippen molar-refractivity contribution in [2.75, 3.05) is 19.6 Å². The van der Waals surface area contributed by atoms with Crippen LogP contribution in [0.25, 0.3) is 0 Å². The summed E-state index contributed by atoms with van der Waals surface area (Å²) in [5, 5.41) is 0. The zero-order valence-corrected chi connectivity index (χ0v) is 8.92. The van der Waals surface area contributed by atoms with Gasteiger partial charge >= 0.3 is 0 Å². The van der Waals surface area contributed by atoms with Crippen LogP contribution in [-0.2, 0) is 0 Å². The first kappa shape index (κ1) is 9.47. The van der Waals surface area contributed by atoms with Gasteiger partial charge < -0.3 is 5.73 Å². The Morgan fingerprint density at radius 3 is 2.46 bits per heavy atom. The average molecular weight is 182 g/mol. The van der Waals surface area contributed by atoms with Crippen LogP contribution in [0.15, 0.2) is 0 Å². The predicted octanol–water partition coefficient (Wildman–Crippen LogP) is 1.46. The van der Waals surface area contributed by atoms with E-state index < -0.39 is 0 Å². The first-order valence-corrected chi connectivity index (χ1v) is 5.64. The van der Waals surface area contributed by atoms with E-state index in [0.29, 0.717) is 5.54 Å². The van der Waals surface area contributed by atoms with Gasteiger partial charge in [-0.05, 0) is 37.6 Å². The number of nitrogens with two attached hydrogens (primary N) is 1. The van der Waals surface area contributed by atoms with Crippen molar-refractivity contribution in [3.05, 3.63) is 0 Å². The molecule has 0 spiro atoms. The van der Waals surface area contributed by atoms with E-state index in [-0.39, 0.29) is 0 Å². The molecule has 3 atom stereocenters. The first-order chi connectivity index (χ1) is 6.19. The maximum atomic E-state index is 5.94. The fourth-order valence-electron chi connectivity index (χ4n) is 3.01. The Labute approximate surface area is 81.5 Å². The van der Waals surface area contributed by atoms with Crippen LogP contribution >= 0.6 is 0 Å². The van der Waals surface area contributed by atoms with E-state index in [1.807, 2.05) is 0 Å². The Morgan fingerprint density at radius 1 is 1.38 bits per heavy atom. The molecule has 13 heavy (non-hydrogen) atoms. The van der Waals surface area contributed by atoms with Crippen LogP contribution in [0.2, 0.25) is 0 Å². The minimum absolute atomic E-state index is 0.394. The van der Waals surface area contributed by atoms with E-state index in [0.717, 1.165) is 18.4 Å². The lowest BCUT2D eigenvalue weighted by Gasteiger charge is -2.53. The van der Waals surface area contributed by atoms with E-state index in [1.165, 1.54) is 32.4 Å². The fourth-order valence-corrected chi connectivity index (χ4v) is 3.01. The van der Waals surface area contributed by atoms with Gasteiger partial charge in [-0.3, -0.25) is 4.90 Å². The molecular formula is C11H22N2. The Bertz CT molecular complexity index is 189. The molecule has 2 heteroatoms. The van der Waals surface area contributed by atoms with Crippen molar-refractivity contribution in [2.24, 2.45) is 17.6 Å². The summed E-state index contributed by atoms with van der Waals surface area (Å²) in [4.78, 5) is 2.66. The van der Waals surface area contributed by atoms with Crippen LogP contribution in [-0.4, -0.2) is 30.1 Å². The van der Waals surface area contributed by atoms with Crippen LogP contribution in [0, 0.1) is 11.8 Å². The standard InChI is InChI=1S/C11H22N2/c1-9-4-6-13(7-9)11(8-12)5-3-10(11)2/h9-10H,3-8,12H2,1-2H3. The van der Waals surface area contributed by atoms with Gasteiger partial charge in [0.2, 0.25) is 0 Å². The quantitative estimate of drug-likeness (QED) is 0.700. The molecule has 0 bridgehead atoms. The number of nitrogens with zero attached hydrogens (tertiary/aromatic N) is 1. The first-order valence-electron chi connectivity index (χ1n) is 5.64. The summed E-state index contributed by atoms with van der Waals surface area (Å²) in [5.41, 5.74) is 6.34. The lowest BCUT2D eigenvalue weighted by atomic mass is 9.66. The van der Waals surface area contributed by atoms with Gasteiger partial charge in [0.15, 0.2) is 0 Å². The molecule has 1 saturated heterocycles. The molecular weight excluding hydrogens is 160 g/mol. The predicted molar refractivity (Wildman–Crippen MR) is 55.5 cm³/mol. The van der Waals surface area contributed by atoms with E-state index >= 15 is 0 Å². The van der Waals surface area contributed by atoms with Crippen molar-refractivity contribution in [3.63, 3.8) is 0 Å². The number of hydrogen-bond donors (Lipinski definition) is 1. The largest absolute Gasteiger partial charge is 0.329 e. The highest BCUT2D eigenvalue weighted by Gasteiger charge is 2.48. The third-order valence-electron chi connectivity index (χ3n) is 4.33. The highest BCUT2D eigenvalue weighted by Crippen LogP contribution is 2.44. The average Bonchev–Trinajstić information content (AvgIpc) is 2.52. The van der Waals surface area contributed by atoms with Crippen LogP contribution < -0.4 is 5.73 Å². The summed E-state index contributed by atoms with van der Waals surface area (Å²) in [6, 6.07) is 0. The van der Waals surface area contributed by atoms with Crippen LogP contribution in [0.4, 0.5) is 0 Å². The summed E-state index contributed by atoms with van der Waals surface area (Å²) in [5.74, 6) is 1.71. The number of rotatable bonds is 2. The summed E-state index contributed by atoms with van der Waals surface area (Å²) >= 11 is 0. The highest BCUT2D eigenvalue weighted by atomic mass is 15.2. The highest BCUT2D eigenvalue weighted by molar-refractivity contribution is 5.05. The monoisotopic (exact) mass is 182 g/mol. The van der Waals surface area contributed by atoms with Gasteiger partial charge in [0.1, 0.15) is 0 Å². The molecule has 0 amide bonds. The van der Waals surface area contributed by atoms with Crippen molar-refractivity contribution >= 4 is 0 Å². The molecule has 2 nitrogen and oxygen atoms in total. The second kappa shape index (κ2) is 3.25. The van der Waals surface area contributed by atoms with Gasteiger partial charge in [-0.2, -0.15) is 0 Å². The minimum Gasteiger partial charge on any atom is -0.329 e. The topological polar surface area (TPSA) is 29.3 Å². The van der Waals surface area contributed by atoms with Gasteiger partial charge in [0.05, 0.1) is 0 Å². The zero-order chi connectivity index (χ0) is 9.47.